The number of carbonyl (C=O) groups excluding carboxylic acids is 1. The van der Waals surface area contributed by atoms with Gasteiger partial charge in [0, 0.05) is 25.2 Å². The van der Waals surface area contributed by atoms with Crippen LogP contribution in [0.1, 0.15) is 32.6 Å². The van der Waals surface area contributed by atoms with Crippen molar-refractivity contribution >= 4 is 13.4 Å². The largest absolute Gasteiger partial charge is 0.466 e. The molecule has 102 valence electrons. The van der Waals surface area contributed by atoms with Crippen LogP contribution in [-0.2, 0) is 14.1 Å². The minimum Gasteiger partial charge on any atom is -0.466 e. The monoisotopic (exact) mass is 272 g/mol. The fourth-order valence-electron chi connectivity index (χ4n) is 3.82. The van der Waals surface area contributed by atoms with Crippen LogP contribution in [0.25, 0.3) is 0 Å². The van der Waals surface area contributed by atoms with Gasteiger partial charge in [0.1, 0.15) is 6.16 Å². The van der Waals surface area contributed by atoms with E-state index in [0.717, 1.165) is 38.8 Å². The summed E-state index contributed by atoms with van der Waals surface area (Å²) in [6, 6.07) is 0.848. The molecular formula is C12H21N2O3P. The zero-order valence-corrected chi connectivity index (χ0v) is 11.8. The van der Waals surface area contributed by atoms with E-state index in [1.165, 1.54) is 0 Å². The van der Waals surface area contributed by atoms with Crippen molar-refractivity contribution in [1.82, 2.24) is 9.34 Å². The first-order chi connectivity index (χ1) is 8.66. The van der Waals surface area contributed by atoms with E-state index in [2.05, 4.69) is 9.34 Å². The van der Waals surface area contributed by atoms with Crippen molar-refractivity contribution in [3.05, 3.63) is 0 Å². The van der Waals surface area contributed by atoms with Crippen LogP contribution in [0, 0.1) is 0 Å². The Morgan fingerprint density at radius 3 is 2.28 bits per heavy atom. The first kappa shape index (κ1) is 12.6. The Labute approximate surface area is 108 Å². The van der Waals surface area contributed by atoms with Gasteiger partial charge in [-0.25, -0.2) is 9.34 Å². The van der Waals surface area contributed by atoms with Crippen LogP contribution >= 0.6 is 7.44 Å². The van der Waals surface area contributed by atoms with E-state index >= 15 is 0 Å². The smallest absolute Gasteiger partial charge is 0.315 e. The number of fused-ring (bicyclic) bond motifs is 3. The van der Waals surface area contributed by atoms with Crippen LogP contribution in [0.3, 0.4) is 0 Å². The molecular weight excluding hydrogens is 251 g/mol. The molecule has 3 rings (SSSR count). The number of carbonyl (C=O) groups is 1. The lowest BCUT2D eigenvalue weighted by Gasteiger charge is -2.27. The van der Waals surface area contributed by atoms with Crippen molar-refractivity contribution in [3.63, 3.8) is 0 Å². The quantitative estimate of drug-likeness (QED) is 0.578. The Morgan fingerprint density at radius 2 is 1.78 bits per heavy atom. The molecule has 3 saturated heterocycles. The molecule has 3 aliphatic heterocycles. The van der Waals surface area contributed by atoms with Crippen molar-refractivity contribution in [2.24, 2.45) is 0 Å². The summed E-state index contributed by atoms with van der Waals surface area (Å²) in [5.74, 6) is -0.306. The van der Waals surface area contributed by atoms with Crippen LogP contribution in [-0.4, -0.2) is 53.3 Å². The van der Waals surface area contributed by atoms with Gasteiger partial charge in [0.2, 0.25) is 7.44 Å². The summed E-state index contributed by atoms with van der Waals surface area (Å²) in [4.78, 5) is 11.7. The topological polar surface area (TPSA) is 49.9 Å². The second kappa shape index (κ2) is 4.62. The lowest BCUT2D eigenvalue weighted by atomic mass is 10.1. The molecule has 0 aromatic heterocycles. The summed E-state index contributed by atoms with van der Waals surface area (Å²) in [5.41, 5.74) is 0. The van der Waals surface area contributed by atoms with Gasteiger partial charge in [0.05, 0.1) is 6.61 Å². The van der Waals surface area contributed by atoms with Crippen molar-refractivity contribution in [2.75, 3.05) is 25.9 Å². The van der Waals surface area contributed by atoms with E-state index in [0.29, 0.717) is 18.7 Å². The number of hydrogen-bond acceptors (Lipinski definition) is 3. The first-order valence-corrected chi connectivity index (χ1v) is 8.75. The van der Waals surface area contributed by atoms with Gasteiger partial charge in [-0.3, -0.25) is 9.36 Å². The number of hydrogen-bond donors (Lipinski definition) is 0. The minimum absolute atomic E-state index is 0.0772. The van der Waals surface area contributed by atoms with Crippen molar-refractivity contribution < 1.29 is 14.1 Å². The van der Waals surface area contributed by atoms with Crippen LogP contribution in [0.15, 0.2) is 0 Å². The van der Waals surface area contributed by atoms with E-state index in [4.69, 9.17) is 4.74 Å². The Bertz CT molecular complexity index is 377. The molecule has 0 saturated carbocycles. The van der Waals surface area contributed by atoms with Crippen molar-refractivity contribution in [1.29, 1.82) is 0 Å². The van der Waals surface area contributed by atoms with Crippen LogP contribution in [0.2, 0.25) is 0 Å². The molecule has 0 aromatic carbocycles. The third-order valence-corrected chi connectivity index (χ3v) is 7.70. The highest BCUT2D eigenvalue weighted by Gasteiger charge is 2.58. The van der Waals surface area contributed by atoms with Crippen molar-refractivity contribution in [2.45, 2.75) is 44.7 Å². The Kier molecular flexibility index (Phi) is 3.25. The summed E-state index contributed by atoms with van der Waals surface area (Å²) in [6.07, 6.45) is 4.57. The van der Waals surface area contributed by atoms with Gasteiger partial charge < -0.3 is 4.74 Å². The predicted octanol–water partition coefficient (Wildman–Crippen LogP) is 1.68. The number of nitrogens with zero attached hydrogens (tertiary/aromatic N) is 2. The molecule has 2 unspecified atom stereocenters. The minimum atomic E-state index is -2.67. The van der Waals surface area contributed by atoms with Gasteiger partial charge in [-0.2, -0.15) is 0 Å². The number of esters is 1. The molecule has 0 bridgehead atoms. The fourth-order valence-corrected chi connectivity index (χ4v) is 7.28. The zero-order valence-electron chi connectivity index (χ0n) is 10.9. The predicted molar refractivity (Wildman–Crippen MR) is 68.6 cm³/mol. The highest BCUT2D eigenvalue weighted by molar-refractivity contribution is 7.60. The average Bonchev–Trinajstić information content (AvgIpc) is 2.99. The number of rotatable bonds is 3. The first-order valence-electron chi connectivity index (χ1n) is 6.96. The van der Waals surface area contributed by atoms with Crippen molar-refractivity contribution in [3.8, 4) is 0 Å². The van der Waals surface area contributed by atoms with Gasteiger partial charge in [0.25, 0.3) is 0 Å². The molecule has 2 atom stereocenters. The second-order valence-corrected chi connectivity index (χ2v) is 8.05. The fraction of sp³-hybridized carbons (Fsp3) is 0.917. The molecule has 6 heteroatoms. The Hall–Kier alpha value is -0.380. The molecule has 0 amide bonds. The molecule has 0 aromatic rings. The SMILES string of the molecule is CCOC(=O)CP1(=O)N2CCCC2C2CCCN21. The molecule has 3 heterocycles. The third kappa shape index (κ3) is 1.75. The van der Waals surface area contributed by atoms with Gasteiger partial charge in [-0.15, -0.1) is 0 Å². The van der Waals surface area contributed by atoms with Crippen LogP contribution in [0.5, 0.6) is 0 Å². The maximum Gasteiger partial charge on any atom is 0.315 e. The molecule has 0 spiro atoms. The lowest BCUT2D eigenvalue weighted by Crippen LogP contribution is -2.29. The second-order valence-electron chi connectivity index (χ2n) is 5.37. The van der Waals surface area contributed by atoms with E-state index in [-0.39, 0.29) is 12.1 Å². The summed E-state index contributed by atoms with van der Waals surface area (Å²) in [5, 5.41) is 0. The molecule has 3 aliphatic rings. The summed E-state index contributed by atoms with van der Waals surface area (Å²) < 4.78 is 22.5. The zero-order chi connectivity index (χ0) is 12.8. The normalized spacial score (nSPS) is 39.8. The Morgan fingerprint density at radius 1 is 1.22 bits per heavy atom. The summed E-state index contributed by atoms with van der Waals surface area (Å²) in [6.45, 7) is 3.92. The van der Waals surface area contributed by atoms with E-state index < -0.39 is 7.44 Å². The molecule has 0 radical (unpaired) electrons. The molecule has 5 nitrogen and oxygen atoms in total. The summed E-state index contributed by atoms with van der Waals surface area (Å²) >= 11 is 0. The van der Waals surface area contributed by atoms with Crippen LogP contribution < -0.4 is 0 Å². The maximum atomic E-state index is 13.3. The number of ether oxygens (including phenoxy) is 1. The van der Waals surface area contributed by atoms with Gasteiger partial charge >= 0.3 is 5.97 Å². The highest BCUT2D eigenvalue weighted by Crippen LogP contribution is 2.65. The average molecular weight is 272 g/mol. The van der Waals surface area contributed by atoms with Crippen LogP contribution in [0.4, 0.5) is 0 Å². The molecule has 3 fully saturated rings. The highest BCUT2D eigenvalue weighted by atomic mass is 31.2. The maximum absolute atomic E-state index is 13.3. The van der Waals surface area contributed by atoms with Gasteiger partial charge in [-0.1, -0.05) is 0 Å². The van der Waals surface area contributed by atoms with Gasteiger partial charge in [-0.05, 0) is 32.6 Å². The standard InChI is InChI=1S/C12H21N2O3P/c1-2-17-12(15)9-18(16)13-7-3-5-10(13)11-6-4-8-14(11)18/h10-11H,2-9H2,1H3. The van der Waals surface area contributed by atoms with E-state index in [9.17, 15) is 9.36 Å². The molecule has 18 heavy (non-hydrogen) atoms. The Balaban J connectivity index is 1.84. The molecule has 0 N–H and O–H groups in total. The third-order valence-electron chi connectivity index (χ3n) is 4.43. The molecule has 0 aliphatic carbocycles. The summed E-state index contributed by atoms with van der Waals surface area (Å²) in [7, 11) is -2.67. The van der Waals surface area contributed by atoms with E-state index in [1.807, 2.05) is 0 Å². The van der Waals surface area contributed by atoms with Gasteiger partial charge in [0.15, 0.2) is 0 Å². The van der Waals surface area contributed by atoms with E-state index in [1.54, 1.807) is 6.92 Å². The lowest BCUT2D eigenvalue weighted by molar-refractivity contribution is -0.140.